The minimum Gasteiger partial charge on any atom is -0.445 e. The standard InChI is InChI=1S/C44H46N2O5/c1-3-25-49-44(48)45-27-36-15-10-16-40(26-36)37-21-23-39(24-22-37)43-50-41(32(2)42(51-43)38-19-17-35(31-47)18-20-38)30-46(28-33-11-6-4-7-12-33)29-34-13-8-5-9-14-34/h3-24,26,32,41-43,47H,1,25,27-31H2,2H3,(H,45,48)/t32-,41+,42+,43+/m0/s1. The predicted octanol–water partition coefficient (Wildman–Crippen LogP) is 8.75. The first kappa shape index (κ1) is 35.8. The van der Waals surface area contributed by atoms with Crippen molar-refractivity contribution < 1.29 is 24.1 Å². The van der Waals surface area contributed by atoms with Crippen molar-refractivity contribution in [2.75, 3.05) is 13.2 Å². The molecule has 0 unspecified atom stereocenters. The molecule has 0 spiro atoms. The first-order valence-corrected chi connectivity index (χ1v) is 17.5. The van der Waals surface area contributed by atoms with E-state index in [4.69, 9.17) is 14.2 Å². The summed E-state index contributed by atoms with van der Waals surface area (Å²) in [6.45, 7) is 8.61. The van der Waals surface area contributed by atoms with Gasteiger partial charge in [0, 0.05) is 37.7 Å². The van der Waals surface area contributed by atoms with E-state index in [1.807, 2.05) is 24.3 Å². The molecule has 1 amide bonds. The highest BCUT2D eigenvalue weighted by molar-refractivity contribution is 5.68. The topological polar surface area (TPSA) is 80.3 Å². The molecule has 1 aliphatic heterocycles. The van der Waals surface area contributed by atoms with Gasteiger partial charge in [0.2, 0.25) is 0 Å². The minimum absolute atomic E-state index is 0.00229. The molecular formula is C44H46N2O5. The van der Waals surface area contributed by atoms with Crippen molar-refractivity contribution >= 4 is 6.09 Å². The van der Waals surface area contributed by atoms with E-state index in [1.54, 1.807) is 0 Å². The number of nitrogens with one attached hydrogen (secondary N) is 1. The number of carbonyl (C=O) groups excluding carboxylic acids is 1. The van der Waals surface area contributed by atoms with E-state index in [-0.39, 0.29) is 31.3 Å². The van der Waals surface area contributed by atoms with Gasteiger partial charge >= 0.3 is 6.09 Å². The highest BCUT2D eigenvalue weighted by atomic mass is 16.7. The Kier molecular flexibility index (Phi) is 12.4. The summed E-state index contributed by atoms with van der Waals surface area (Å²) in [5, 5.41) is 12.5. The Morgan fingerprint density at radius 2 is 1.39 bits per heavy atom. The average Bonchev–Trinajstić information content (AvgIpc) is 3.18. The van der Waals surface area contributed by atoms with Gasteiger partial charge in [-0.3, -0.25) is 4.90 Å². The van der Waals surface area contributed by atoms with Gasteiger partial charge < -0.3 is 24.6 Å². The lowest BCUT2D eigenvalue weighted by Gasteiger charge is -2.43. The maximum atomic E-state index is 11.9. The summed E-state index contributed by atoms with van der Waals surface area (Å²) in [6, 6.07) is 45.6. The van der Waals surface area contributed by atoms with E-state index in [2.05, 4.69) is 133 Å². The number of benzene rings is 5. The van der Waals surface area contributed by atoms with Crippen LogP contribution < -0.4 is 5.32 Å². The zero-order valence-electron chi connectivity index (χ0n) is 29.1. The highest BCUT2D eigenvalue weighted by Gasteiger charge is 2.39. The molecule has 1 saturated heterocycles. The third-order valence-corrected chi connectivity index (χ3v) is 9.27. The number of ether oxygens (including phenoxy) is 3. The smallest absolute Gasteiger partial charge is 0.407 e. The Balaban J connectivity index is 1.23. The lowest BCUT2D eigenvalue weighted by molar-refractivity contribution is -0.276. The number of alkyl carbamates (subject to hydrolysis) is 1. The zero-order chi connectivity index (χ0) is 35.4. The number of hydrogen-bond acceptors (Lipinski definition) is 6. The molecule has 0 saturated carbocycles. The summed E-state index contributed by atoms with van der Waals surface area (Å²) >= 11 is 0. The lowest BCUT2D eigenvalue weighted by Crippen LogP contribution is -2.44. The molecule has 2 N–H and O–H groups in total. The summed E-state index contributed by atoms with van der Waals surface area (Å²) in [4.78, 5) is 14.4. The number of carbonyl (C=O) groups is 1. The van der Waals surface area contributed by atoms with Crippen LogP contribution in [0.1, 0.15) is 52.7 Å². The number of aliphatic hydroxyl groups is 1. The van der Waals surface area contributed by atoms with Crippen LogP contribution in [-0.2, 0) is 40.5 Å². The van der Waals surface area contributed by atoms with Gasteiger partial charge in [-0.25, -0.2) is 4.79 Å². The van der Waals surface area contributed by atoms with Crippen molar-refractivity contribution in [2.24, 2.45) is 5.92 Å². The van der Waals surface area contributed by atoms with E-state index in [1.165, 1.54) is 17.2 Å². The number of aliphatic hydroxyl groups excluding tert-OH is 1. The second kappa shape index (κ2) is 17.7. The van der Waals surface area contributed by atoms with E-state index in [9.17, 15) is 9.90 Å². The van der Waals surface area contributed by atoms with E-state index in [0.29, 0.717) is 6.54 Å². The second-order valence-corrected chi connectivity index (χ2v) is 13.0. The van der Waals surface area contributed by atoms with Crippen LogP contribution >= 0.6 is 0 Å². The van der Waals surface area contributed by atoms with Crippen LogP contribution in [0.2, 0.25) is 0 Å². The van der Waals surface area contributed by atoms with Gasteiger partial charge in [0.25, 0.3) is 0 Å². The molecule has 4 atom stereocenters. The Morgan fingerprint density at radius 1 is 0.765 bits per heavy atom. The molecule has 5 aromatic carbocycles. The van der Waals surface area contributed by atoms with E-state index >= 15 is 0 Å². The summed E-state index contributed by atoms with van der Waals surface area (Å²) in [5.41, 5.74) is 8.42. The summed E-state index contributed by atoms with van der Waals surface area (Å²) in [6.07, 6.45) is 0.154. The normalized spacial score (nSPS) is 18.6. The Bertz CT molecular complexity index is 1790. The van der Waals surface area contributed by atoms with Gasteiger partial charge in [0.05, 0.1) is 18.8 Å². The molecule has 51 heavy (non-hydrogen) atoms. The largest absolute Gasteiger partial charge is 0.445 e. The SMILES string of the molecule is C=CCOC(=O)NCc1cccc(-c2ccc([C@@H]3O[C@H](CN(Cc4ccccc4)Cc4ccccc4)[C@H](C)[C@H](c4ccc(CO)cc4)O3)cc2)c1. The Morgan fingerprint density at radius 3 is 2.02 bits per heavy atom. The fourth-order valence-electron chi connectivity index (χ4n) is 6.50. The van der Waals surface area contributed by atoms with Crippen molar-refractivity contribution in [1.82, 2.24) is 10.2 Å². The molecule has 0 bridgehead atoms. The van der Waals surface area contributed by atoms with Crippen molar-refractivity contribution in [1.29, 1.82) is 0 Å². The molecule has 0 radical (unpaired) electrons. The number of nitrogens with zero attached hydrogens (tertiary/aromatic N) is 1. The molecule has 1 aliphatic rings. The number of hydrogen-bond donors (Lipinski definition) is 2. The number of amides is 1. The molecule has 7 heteroatoms. The average molecular weight is 683 g/mol. The molecule has 7 nitrogen and oxygen atoms in total. The van der Waals surface area contributed by atoms with Gasteiger partial charge in [-0.05, 0) is 45.0 Å². The minimum atomic E-state index is -0.574. The molecule has 6 rings (SSSR count). The quantitative estimate of drug-likeness (QED) is 0.114. The van der Waals surface area contributed by atoms with Crippen molar-refractivity contribution in [3.8, 4) is 11.1 Å². The van der Waals surface area contributed by atoms with Crippen molar-refractivity contribution in [3.05, 3.63) is 179 Å². The van der Waals surface area contributed by atoms with Gasteiger partial charge in [-0.15, -0.1) is 0 Å². The van der Waals surface area contributed by atoms with E-state index in [0.717, 1.165) is 53.0 Å². The van der Waals surface area contributed by atoms with Gasteiger partial charge in [0.1, 0.15) is 6.61 Å². The van der Waals surface area contributed by atoms with Gasteiger partial charge in [0.15, 0.2) is 6.29 Å². The molecule has 0 aliphatic carbocycles. The maximum Gasteiger partial charge on any atom is 0.407 e. The first-order valence-electron chi connectivity index (χ1n) is 17.5. The molecular weight excluding hydrogens is 636 g/mol. The van der Waals surface area contributed by atoms with Crippen LogP contribution in [0, 0.1) is 5.92 Å². The first-order chi connectivity index (χ1) is 25.0. The van der Waals surface area contributed by atoms with Gasteiger partial charge in [-0.1, -0.05) is 147 Å². The van der Waals surface area contributed by atoms with Crippen LogP contribution in [0.5, 0.6) is 0 Å². The highest BCUT2D eigenvalue weighted by Crippen LogP contribution is 2.42. The zero-order valence-corrected chi connectivity index (χ0v) is 29.1. The van der Waals surface area contributed by atoms with Crippen LogP contribution in [0.4, 0.5) is 4.79 Å². The summed E-state index contributed by atoms with van der Waals surface area (Å²) in [5.74, 6) is 0.0555. The van der Waals surface area contributed by atoms with Crippen LogP contribution in [0.25, 0.3) is 11.1 Å². The third kappa shape index (κ3) is 9.81. The van der Waals surface area contributed by atoms with Crippen LogP contribution in [-0.4, -0.2) is 35.4 Å². The number of rotatable bonds is 14. The van der Waals surface area contributed by atoms with Crippen molar-refractivity contribution in [2.45, 2.75) is 51.7 Å². The summed E-state index contributed by atoms with van der Waals surface area (Å²) in [7, 11) is 0. The molecule has 5 aromatic rings. The van der Waals surface area contributed by atoms with Crippen molar-refractivity contribution in [3.63, 3.8) is 0 Å². The van der Waals surface area contributed by atoms with Gasteiger partial charge in [-0.2, -0.15) is 0 Å². The fraction of sp³-hybridized carbons (Fsp3) is 0.250. The van der Waals surface area contributed by atoms with E-state index < -0.39 is 12.4 Å². The fourth-order valence-corrected chi connectivity index (χ4v) is 6.50. The molecule has 1 fully saturated rings. The Labute approximate surface area is 301 Å². The predicted molar refractivity (Wildman–Crippen MR) is 200 cm³/mol. The third-order valence-electron chi connectivity index (χ3n) is 9.27. The Hall–Kier alpha value is -5.05. The molecule has 262 valence electrons. The monoisotopic (exact) mass is 682 g/mol. The van der Waals surface area contributed by atoms with Crippen LogP contribution in [0.15, 0.2) is 146 Å². The van der Waals surface area contributed by atoms with Crippen LogP contribution in [0.3, 0.4) is 0 Å². The lowest BCUT2D eigenvalue weighted by atomic mass is 9.89. The molecule has 0 aromatic heterocycles. The summed E-state index contributed by atoms with van der Waals surface area (Å²) < 4.78 is 18.7. The molecule has 1 heterocycles. The second-order valence-electron chi connectivity index (χ2n) is 13.0. The maximum absolute atomic E-state index is 11.9.